The zero-order chi connectivity index (χ0) is 14.4. The highest BCUT2D eigenvalue weighted by Gasteiger charge is 2.53. The van der Waals surface area contributed by atoms with E-state index in [0.29, 0.717) is 6.04 Å². The average molecular weight is 279 g/mol. The van der Waals surface area contributed by atoms with Gasteiger partial charge in [0, 0.05) is 13.2 Å². The summed E-state index contributed by atoms with van der Waals surface area (Å²) < 4.78 is 19.5. The largest absolute Gasteiger partial charge is 0.515 e. The van der Waals surface area contributed by atoms with Crippen molar-refractivity contribution >= 4 is 12.7 Å². The molecule has 0 saturated carbocycles. The predicted octanol–water partition coefficient (Wildman–Crippen LogP) is 0.929. The summed E-state index contributed by atoms with van der Waals surface area (Å²) in [6, 6.07) is 0.320. The quantitative estimate of drug-likeness (QED) is 0.754. The minimum absolute atomic E-state index is 0.320. The van der Waals surface area contributed by atoms with E-state index in [1.54, 1.807) is 6.20 Å². The van der Waals surface area contributed by atoms with Crippen LogP contribution >= 0.6 is 0 Å². The molecule has 0 aromatic carbocycles. The molecule has 6 nitrogen and oxygen atoms in total. The lowest BCUT2D eigenvalue weighted by Gasteiger charge is -2.32. The van der Waals surface area contributed by atoms with E-state index in [1.165, 1.54) is 0 Å². The van der Waals surface area contributed by atoms with Crippen LogP contribution < -0.4 is 5.59 Å². The highest BCUT2D eigenvalue weighted by atomic mass is 16.7. The van der Waals surface area contributed by atoms with Crippen molar-refractivity contribution in [1.29, 1.82) is 0 Å². The average Bonchev–Trinajstić information content (AvgIpc) is 2.94. The molecule has 1 aromatic rings. The summed E-state index contributed by atoms with van der Waals surface area (Å²) in [5, 5.41) is 8.28. The lowest BCUT2D eigenvalue weighted by atomic mass is 9.84. The number of rotatable bonds is 2. The van der Waals surface area contributed by atoms with Crippen molar-refractivity contribution < 1.29 is 14.0 Å². The molecule has 0 atom stereocenters. The van der Waals surface area contributed by atoms with Gasteiger partial charge in [0.15, 0.2) is 0 Å². The molecule has 20 heavy (non-hydrogen) atoms. The smallest absolute Gasteiger partial charge is 0.398 e. The summed E-state index contributed by atoms with van der Waals surface area (Å²) in [4.78, 5) is 0. The lowest BCUT2D eigenvalue weighted by Crippen LogP contribution is -2.42. The van der Waals surface area contributed by atoms with E-state index in [-0.39, 0.29) is 11.2 Å². The van der Waals surface area contributed by atoms with Crippen LogP contribution in [0.3, 0.4) is 0 Å². The van der Waals surface area contributed by atoms with Crippen LogP contribution in [0.2, 0.25) is 0 Å². The number of hydrogen-bond donors (Lipinski definition) is 0. The fourth-order valence-corrected chi connectivity index (χ4v) is 2.60. The van der Waals surface area contributed by atoms with E-state index in [4.69, 9.17) is 14.0 Å². The van der Waals surface area contributed by atoms with Gasteiger partial charge >= 0.3 is 7.12 Å². The molecule has 7 heteroatoms. The second-order valence-electron chi connectivity index (χ2n) is 6.54. The molecule has 3 heterocycles. The number of hydrogen-bond acceptors (Lipinski definition) is 5. The van der Waals surface area contributed by atoms with Gasteiger partial charge in [0.25, 0.3) is 0 Å². The maximum atomic E-state index is 6.09. The van der Waals surface area contributed by atoms with Gasteiger partial charge in [0.2, 0.25) is 0 Å². The topological polar surface area (TPSA) is 58.4 Å². The summed E-state index contributed by atoms with van der Waals surface area (Å²) in [7, 11) is -0.405. The summed E-state index contributed by atoms with van der Waals surface area (Å²) >= 11 is 0. The molecule has 0 N–H and O–H groups in total. The Morgan fingerprint density at radius 2 is 1.75 bits per heavy atom. The van der Waals surface area contributed by atoms with Crippen LogP contribution in [0, 0.1) is 0 Å². The van der Waals surface area contributed by atoms with Gasteiger partial charge in [0.1, 0.15) is 0 Å². The molecule has 2 fully saturated rings. The number of ether oxygens (including phenoxy) is 1. The Balaban J connectivity index is 1.84. The molecule has 110 valence electrons. The Morgan fingerprint density at radius 3 is 2.35 bits per heavy atom. The lowest BCUT2D eigenvalue weighted by molar-refractivity contribution is 0.00578. The molecule has 3 rings (SSSR count). The second-order valence-corrected chi connectivity index (χ2v) is 6.54. The summed E-state index contributed by atoms with van der Waals surface area (Å²) in [6.45, 7) is 9.75. The van der Waals surface area contributed by atoms with Crippen LogP contribution in [0.5, 0.6) is 0 Å². The molecule has 0 amide bonds. The Bertz CT molecular complexity index is 467. The monoisotopic (exact) mass is 279 g/mol. The molecular formula is C13H22BN3O3. The van der Waals surface area contributed by atoms with Crippen molar-refractivity contribution in [3.05, 3.63) is 6.20 Å². The van der Waals surface area contributed by atoms with Crippen LogP contribution in [0.15, 0.2) is 6.20 Å². The fourth-order valence-electron chi connectivity index (χ4n) is 2.60. The van der Waals surface area contributed by atoms with Crippen molar-refractivity contribution in [2.75, 3.05) is 13.2 Å². The van der Waals surface area contributed by atoms with Crippen LogP contribution in [-0.4, -0.2) is 46.5 Å². The molecule has 2 aliphatic rings. The van der Waals surface area contributed by atoms with Gasteiger partial charge in [-0.15, -0.1) is 5.10 Å². The van der Waals surface area contributed by atoms with Gasteiger partial charge in [-0.2, -0.15) is 0 Å². The maximum Gasteiger partial charge on any atom is 0.515 e. The van der Waals surface area contributed by atoms with Gasteiger partial charge in [-0.3, -0.25) is 0 Å². The molecule has 2 saturated heterocycles. The predicted molar refractivity (Wildman–Crippen MR) is 74.8 cm³/mol. The molecular weight excluding hydrogens is 257 g/mol. The Labute approximate surface area is 119 Å². The highest BCUT2D eigenvalue weighted by Crippen LogP contribution is 2.36. The van der Waals surface area contributed by atoms with E-state index < -0.39 is 7.12 Å². The molecule has 0 bridgehead atoms. The first kappa shape index (κ1) is 14.0. The zero-order valence-corrected chi connectivity index (χ0v) is 12.6. The van der Waals surface area contributed by atoms with Crippen LogP contribution in [0.1, 0.15) is 46.6 Å². The van der Waals surface area contributed by atoms with Crippen molar-refractivity contribution in [2.24, 2.45) is 0 Å². The minimum Gasteiger partial charge on any atom is -0.398 e. The van der Waals surface area contributed by atoms with Crippen LogP contribution in [-0.2, 0) is 14.0 Å². The van der Waals surface area contributed by atoms with E-state index in [9.17, 15) is 0 Å². The van der Waals surface area contributed by atoms with Crippen molar-refractivity contribution in [3.63, 3.8) is 0 Å². The van der Waals surface area contributed by atoms with Gasteiger partial charge < -0.3 is 14.0 Å². The van der Waals surface area contributed by atoms with Gasteiger partial charge in [-0.1, -0.05) is 5.21 Å². The standard InChI is InChI=1S/C13H22BN3O3/c1-12(2)13(3,4)20-14(19-12)11-9-15-16-17(11)10-5-7-18-8-6-10/h9-10H,5-8H2,1-4H3. The van der Waals surface area contributed by atoms with E-state index in [0.717, 1.165) is 31.6 Å². The number of nitrogens with zero attached hydrogens (tertiary/aromatic N) is 3. The first-order chi connectivity index (χ1) is 9.41. The van der Waals surface area contributed by atoms with Gasteiger partial charge in [0.05, 0.1) is 29.0 Å². The maximum absolute atomic E-state index is 6.09. The van der Waals surface area contributed by atoms with Crippen molar-refractivity contribution in [2.45, 2.75) is 57.8 Å². The Morgan fingerprint density at radius 1 is 1.15 bits per heavy atom. The second kappa shape index (κ2) is 4.82. The Kier molecular flexibility index (Phi) is 3.39. The SMILES string of the molecule is CC1(C)OB(c2cnnn2C2CCOCC2)OC1(C)C. The molecule has 0 radical (unpaired) electrons. The van der Waals surface area contributed by atoms with Gasteiger partial charge in [-0.25, -0.2) is 4.68 Å². The minimum atomic E-state index is -0.405. The molecule has 0 unspecified atom stereocenters. The van der Waals surface area contributed by atoms with E-state index >= 15 is 0 Å². The first-order valence-corrected chi connectivity index (χ1v) is 7.24. The molecule has 0 aliphatic carbocycles. The first-order valence-electron chi connectivity index (χ1n) is 7.24. The zero-order valence-electron chi connectivity index (χ0n) is 12.6. The third-order valence-corrected chi connectivity index (χ3v) is 4.63. The van der Waals surface area contributed by atoms with Gasteiger partial charge in [-0.05, 0) is 40.5 Å². The van der Waals surface area contributed by atoms with E-state index in [2.05, 4.69) is 38.0 Å². The summed E-state index contributed by atoms with van der Waals surface area (Å²) in [5.41, 5.74) is 0.209. The number of aromatic nitrogens is 3. The van der Waals surface area contributed by atoms with E-state index in [1.807, 2.05) is 4.68 Å². The third-order valence-electron chi connectivity index (χ3n) is 4.63. The molecule has 0 spiro atoms. The van der Waals surface area contributed by atoms with Crippen LogP contribution in [0.4, 0.5) is 0 Å². The van der Waals surface area contributed by atoms with Crippen LogP contribution in [0.25, 0.3) is 0 Å². The normalized spacial score (nSPS) is 26.1. The highest BCUT2D eigenvalue weighted by molar-refractivity contribution is 6.61. The Hall–Kier alpha value is -0.915. The van der Waals surface area contributed by atoms with Crippen molar-refractivity contribution in [1.82, 2.24) is 15.0 Å². The molecule has 2 aliphatic heterocycles. The van der Waals surface area contributed by atoms with Crippen molar-refractivity contribution in [3.8, 4) is 0 Å². The summed E-state index contributed by atoms with van der Waals surface area (Å²) in [5.74, 6) is 0. The third kappa shape index (κ3) is 2.27. The molecule has 1 aromatic heterocycles. The fraction of sp³-hybridized carbons (Fsp3) is 0.846. The summed E-state index contributed by atoms with van der Waals surface area (Å²) in [6.07, 6.45) is 3.66.